The third-order valence-electron chi connectivity index (χ3n) is 17.4. The highest BCUT2D eigenvalue weighted by Crippen LogP contribution is 2.15. The first-order chi connectivity index (χ1) is 53.7. The highest BCUT2D eigenvalue weighted by atomic mass is 16.4. The number of benzene rings is 2. The molecule has 4 heterocycles. The van der Waals surface area contributed by atoms with Crippen LogP contribution in [0.15, 0.2) is 105 Å². The summed E-state index contributed by atoms with van der Waals surface area (Å²) in [5, 5.41) is 78.1. The molecule has 4 aromatic heterocycles. The van der Waals surface area contributed by atoms with Crippen molar-refractivity contribution in [1.82, 2.24) is 104 Å². The number of phenols is 1. The van der Waals surface area contributed by atoms with Crippen molar-refractivity contribution in [2.45, 2.75) is 169 Å². The van der Waals surface area contributed by atoms with Crippen LogP contribution in [-0.2, 0) is 101 Å². The fourth-order valence-electron chi connectivity index (χ4n) is 11.4. The molecule has 606 valence electrons. The molecule has 2 aromatic carbocycles. The summed E-state index contributed by atoms with van der Waals surface area (Å²) >= 11 is 0. The van der Waals surface area contributed by atoms with Crippen LogP contribution in [0.1, 0.15) is 98.1 Å². The van der Waals surface area contributed by atoms with Gasteiger partial charge in [0.25, 0.3) is 0 Å². The average molecular weight is 1560 g/mol. The van der Waals surface area contributed by atoms with Crippen LogP contribution in [-0.4, -0.2) is 242 Å². The Balaban J connectivity index is 1.20. The van der Waals surface area contributed by atoms with E-state index in [4.69, 9.17) is 28.3 Å². The Hall–Kier alpha value is -12.7. The molecular formula is C70H99N25O17. The van der Waals surface area contributed by atoms with E-state index >= 15 is 0 Å². The van der Waals surface area contributed by atoms with Gasteiger partial charge in [0.2, 0.25) is 65.0 Å². The minimum atomic E-state index is -1.90. The van der Waals surface area contributed by atoms with Crippen molar-refractivity contribution in [2.75, 3.05) is 32.8 Å². The van der Waals surface area contributed by atoms with Gasteiger partial charge in [0, 0.05) is 99.1 Å². The lowest BCUT2D eigenvalue weighted by Crippen LogP contribution is -2.61. The first kappa shape index (κ1) is 88.2. The fraction of sp³-hybridized carbons (Fsp3) is 0.457. The van der Waals surface area contributed by atoms with Gasteiger partial charge in [-0.05, 0) is 87.7 Å². The van der Waals surface area contributed by atoms with Gasteiger partial charge in [-0.3, -0.25) is 62.9 Å². The van der Waals surface area contributed by atoms with E-state index in [1.54, 1.807) is 30.3 Å². The fourth-order valence-corrected chi connectivity index (χ4v) is 11.4. The first-order valence-electron chi connectivity index (χ1n) is 36.0. The van der Waals surface area contributed by atoms with Crippen molar-refractivity contribution >= 4 is 82.9 Å². The van der Waals surface area contributed by atoms with Crippen LogP contribution in [0.25, 0.3) is 0 Å². The summed E-state index contributed by atoms with van der Waals surface area (Å²) < 4.78 is 0. The van der Waals surface area contributed by atoms with E-state index in [9.17, 15) is 82.8 Å². The minimum Gasteiger partial charge on any atom is -0.508 e. The second-order valence-corrected chi connectivity index (χ2v) is 26.2. The summed E-state index contributed by atoms with van der Waals surface area (Å²) in [7, 11) is 0. The van der Waals surface area contributed by atoms with Gasteiger partial charge in [-0.15, -0.1) is 0 Å². The Morgan fingerprint density at radius 2 is 0.777 bits per heavy atom. The zero-order valence-electron chi connectivity index (χ0n) is 61.2. The number of aliphatic carboxylic acids is 2. The molecule has 11 atom stereocenters. The van der Waals surface area contributed by atoms with Crippen molar-refractivity contribution in [1.29, 1.82) is 5.41 Å². The number of phenolic OH excluding ortho intramolecular Hbond substituents is 1. The zero-order valence-corrected chi connectivity index (χ0v) is 61.2. The van der Waals surface area contributed by atoms with Gasteiger partial charge in [-0.2, -0.15) is 0 Å². The van der Waals surface area contributed by atoms with Crippen molar-refractivity contribution in [3.8, 4) is 5.75 Å². The molecule has 42 heteroatoms. The summed E-state index contributed by atoms with van der Waals surface area (Å²) in [6, 6.07) is -2.70. The number of aromatic hydroxyl groups is 1. The molecule has 0 radical (unpaired) electrons. The monoisotopic (exact) mass is 1560 g/mol. The highest BCUT2D eigenvalue weighted by Gasteiger charge is 2.37. The Labute approximate surface area is 641 Å². The smallest absolute Gasteiger partial charge is 0.326 e. The van der Waals surface area contributed by atoms with Gasteiger partial charge in [-0.1, -0.05) is 48.9 Å². The summed E-state index contributed by atoms with van der Waals surface area (Å²) in [5.74, 6) is -14.1. The quantitative estimate of drug-likeness (QED) is 0.00960. The maximum atomic E-state index is 14.9. The average Bonchev–Trinajstić information content (AvgIpc) is 1.26. The number of hydrogen-bond donors (Lipinski definition) is 25. The Morgan fingerprint density at radius 3 is 1.19 bits per heavy atom. The van der Waals surface area contributed by atoms with Crippen LogP contribution in [0.3, 0.4) is 0 Å². The molecule has 11 amide bonds. The van der Waals surface area contributed by atoms with E-state index in [2.05, 4.69) is 104 Å². The molecule has 0 saturated heterocycles. The van der Waals surface area contributed by atoms with Gasteiger partial charge < -0.3 is 127 Å². The lowest BCUT2D eigenvalue weighted by Gasteiger charge is -2.28. The second-order valence-electron chi connectivity index (χ2n) is 26.2. The van der Waals surface area contributed by atoms with Gasteiger partial charge in [-0.25, -0.2) is 24.7 Å². The predicted octanol–water partition coefficient (Wildman–Crippen LogP) is -6.20. The van der Waals surface area contributed by atoms with E-state index in [0.717, 1.165) is 0 Å². The topological polar surface area (TPSA) is 690 Å². The maximum absolute atomic E-state index is 14.9. The molecular weight excluding hydrogens is 1460 g/mol. The molecule has 0 aliphatic rings. The number of H-pyrrole nitrogens is 4. The van der Waals surface area contributed by atoms with E-state index < -0.39 is 175 Å². The predicted molar refractivity (Wildman–Crippen MR) is 398 cm³/mol. The van der Waals surface area contributed by atoms with E-state index in [1.807, 2.05) is 0 Å². The molecule has 0 fully saturated rings. The number of aliphatic hydroxyl groups excluding tert-OH is 1. The molecule has 0 bridgehead atoms. The number of carbonyl (C=O) groups excluding carboxylic acids is 11. The number of carbonyl (C=O) groups is 13. The highest BCUT2D eigenvalue weighted by molar-refractivity contribution is 5.99. The normalized spacial score (nSPS) is 14.0. The molecule has 0 spiro atoms. The summed E-state index contributed by atoms with van der Waals surface area (Å²) in [6.07, 6.45) is 9.21. The van der Waals surface area contributed by atoms with Crippen molar-refractivity contribution in [2.24, 2.45) is 22.9 Å². The summed E-state index contributed by atoms with van der Waals surface area (Å²) in [6.45, 7) is -1.38. The number of rotatable bonds is 51. The summed E-state index contributed by atoms with van der Waals surface area (Å²) in [5.41, 5.74) is 25.4. The third kappa shape index (κ3) is 31.1. The molecule has 42 nitrogen and oxygen atoms in total. The SMILES string of the molecule is N=C(N)NCCCC(NC(=O)C(Cc1cnc[nH]1)NC(=O)C(CO)NC(=O)C(Cc1cnc[nH]1)NC(=O)C(Cc1cnc[nH]1)NC(=O)C(CCCCN)NC(=O)C(CCC(=O)O)NC(=O)C(Cc1cnc[nH]1)NC(=O)C(Cc1ccccc1)NC(=O)C(N)CCCCN)C(=O)NCC(=O)NC(Cc1ccc(O)cc1)C(=O)O. The van der Waals surface area contributed by atoms with E-state index in [-0.39, 0.29) is 107 Å². The number of aromatic nitrogens is 8. The minimum absolute atomic E-state index is 0.0273. The molecule has 29 N–H and O–H groups in total. The summed E-state index contributed by atoms with van der Waals surface area (Å²) in [4.78, 5) is 209. The van der Waals surface area contributed by atoms with Crippen LogP contribution in [0.5, 0.6) is 5.75 Å². The number of nitrogens with two attached hydrogens (primary N) is 4. The van der Waals surface area contributed by atoms with Crippen LogP contribution in [0.4, 0.5) is 0 Å². The number of imidazole rings is 4. The molecule has 0 aliphatic heterocycles. The Kier molecular flexibility index (Phi) is 36.7. The first-order valence-corrected chi connectivity index (χ1v) is 36.0. The molecule has 0 aliphatic carbocycles. The lowest BCUT2D eigenvalue weighted by molar-refractivity contribution is -0.141. The lowest BCUT2D eigenvalue weighted by atomic mass is 10.0. The Morgan fingerprint density at radius 1 is 0.411 bits per heavy atom. The third-order valence-corrected chi connectivity index (χ3v) is 17.4. The van der Waals surface area contributed by atoms with Crippen molar-refractivity contribution in [3.63, 3.8) is 0 Å². The number of aliphatic hydroxyl groups is 1. The maximum Gasteiger partial charge on any atom is 0.326 e. The number of amides is 11. The number of carboxylic acid groups (broad SMARTS) is 2. The second kappa shape index (κ2) is 46.6. The van der Waals surface area contributed by atoms with Crippen LogP contribution >= 0.6 is 0 Å². The molecule has 112 heavy (non-hydrogen) atoms. The van der Waals surface area contributed by atoms with Crippen molar-refractivity contribution < 1.29 is 82.8 Å². The van der Waals surface area contributed by atoms with Gasteiger partial charge >= 0.3 is 11.9 Å². The molecule has 6 aromatic rings. The van der Waals surface area contributed by atoms with E-state index in [1.165, 1.54) is 74.4 Å². The number of guanidine groups is 1. The number of unbranched alkanes of at least 4 members (excludes halogenated alkanes) is 2. The molecule has 0 saturated carbocycles. The van der Waals surface area contributed by atoms with Crippen molar-refractivity contribution in [3.05, 3.63) is 139 Å². The zero-order chi connectivity index (χ0) is 81.5. The van der Waals surface area contributed by atoms with Gasteiger partial charge in [0.15, 0.2) is 5.96 Å². The number of nitrogens with zero attached hydrogens (tertiary/aromatic N) is 4. The van der Waals surface area contributed by atoms with Crippen LogP contribution in [0, 0.1) is 5.41 Å². The molecule has 6 rings (SSSR count). The van der Waals surface area contributed by atoms with Crippen LogP contribution in [0.2, 0.25) is 0 Å². The number of carboxylic acids is 2. The number of aromatic amines is 4. The Bertz CT molecular complexity index is 4000. The van der Waals surface area contributed by atoms with Gasteiger partial charge in [0.05, 0.1) is 44.5 Å². The van der Waals surface area contributed by atoms with Gasteiger partial charge in [0.1, 0.15) is 66.2 Å². The molecule has 11 unspecified atom stereocenters. The van der Waals surface area contributed by atoms with E-state index in [0.29, 0.717) is 42.6 Å². The number of nitrogens with one attached hydrogen (secondary N) is 17. The largest absolute Gasteiger partial charge is 0.508 e. The number of hydrogen-bond acceptors (Lipinski definition) is 23. The van der Waals surface area contributed by atoms with Crippen LogP contribution < -0.4 is 86.7 Å². The standard InChI is InChI=1S/C70H99N25O17/c71-20-6-4-11-46(73)59(101)90-50(23-39-9-2-1-3-10-39)63(105)92-51(25-41-29-76-35-82-41)65(107)89-49(18-19-58(99)100)62(104)88-48(12-5-7-21-72)61(103)91-53(27-43-31-78-37-84-43)66(108)93-54(28-44-32-79-38-85-44)67(109)95-56(34-96)68(110)94-52(26-42-30-77-36-83-42)64(106)87-47(13-8-22-80-70(74)75)60(102)81-33-57(98)86-55(69(111)112)24-40-14-16-45(97)17-15-40/h1-3,9-10,14-17,29-32,35-38,46-56,96-97H,4-8,11-13,18-28,33-34,71-73H2,(H,76,82)(H,77,83)(H,78,84)(H,79,85)(H,81,102)(H,86,98)(H,87,106)(H,88,104)(H,89,107)(H,90,101)(H,91,103)(H,92,105)(H,93,108)(H,94,110)(H,95,109)(H,99,100)(H,111,112)(H4,74,75,80).